The molecule has 3 nitrogen and oxygen atoms in total. The van der Waals surface area contributed by atoms with E-state index in [1.165, 1.54) is 11.6 Å². The number of nitrogens with zero attached hydrogens (tertiary/aromatic N) is 1. The largest absolute Gasteiger partial charge is 0.271 e. The number of rotatable bonds is 3. The second-order valence-electron chi connectivity index (χ2n) is 4.98. The van der Waals surface area contributed by atoms with Crippen LogP contribution in [0.3, 0.4) is 0 Å². The second kappa shape index (κ2) is 5.48. The summed E-state index contributed by atoms with van der Waals surface area (Å²) in [4.78, 5) is 4.45. The van der Waals surface area contributed by atoms with Crippen LogP contribution in [-0.4, -0.2) is 4.98 Å². The third-order valence-corrected chi connectivity index (χ3v) is 4.30. The summed E-state index contributed by atoms with van der Waals surface area (Å²) in [5.74, 6) is 5.38. The zero-order chi connectivity index (χ0) is 14.1. The Hall–Kier alpha value is -1.49. The van der Waals surface area contributed by atoms with Crippen LogP contribution in [0.15, 0.2) is 36.5 Å². The van der Waals surface area contributed by atoms with E-state index in [0.717, 1.165) is 18.5 Å². The molecule has 1 heterocycles. The lowest BCUT2D eigenvalue weighted by atomic mass is 9.91. The molecule has 2 aromatic rings. The minimum absolute atomic E-state index is 0.107. The van der Waals surface area contributed by atoms with Crippen molar-refractivity contribution in [1.29, 1.82) is 0 Å². The van der Waals surface area contributed by atoms with E-state index in [4.69, 9.17) is 17.4 Å². The van der Waals surface area contributed by atoms with Crippen molar-refractivity contribution in [3.05, 3.63) is 64.2 Å². The lowest BCUT2D eigenvalue weighted by Gasteiger charge is -2.24. The Morgan fingerprint density at radius 2 is 2.20 bits per heavy atom. The Morgan fingerprint density at radius 3 is 3.00 bits per heavy atom. The fourth-order valence-electron chi connectivity index (χ4n) is 2.95. The SMILES string of the molecule is NNC(c1cccc(F)c1Cl)C1CCc2cccnc21. The summed E-state index contributed by atoms with van der Waals surface area (Å²) in [5.41, 5.74) is 5.71. The van der Waals surface area contributed by atoms with Crippen LogP contribution in [0.5, 0.6) is 0 Å². The number of aryl methyl sites for hydroxylation is 1. The molecule has 2 atom stereocenters. The molecular weight excluding hydrogens is 277 g/mol. The van der Waals surface area contributed by atoms with E-state index >= 15 is 0 Å². The van der Waals surface area contributed by atoms with Crippen molar-refractivity contribution in [2.45, 2.75) is 24.8 Å². The van der Waals surface area contributed by atoms with Crippen molar-refractivity contribution >= 4 is 11.6 Å². The fraction of sp³-hybridized carbons (Fsp3) is 0.267. The summed E-state index contributed by atoms with van der Waals surface area (Å²) in [6.07, 6.45) is 3.66. The van der Waals surface area contributed by atoms with Gasteiger partial charge >= 0.3 is 0 Å². The average molecular weight is 292 g/mol. The molecule has 0 amide bonds. The molecule has 20 heavy (non-hydrogen) atoms. The van der Waals surface area contributed by atoms with Crippen molar-refractivity contribution < 1.29 is 4.39 Å². The van der Waals surface area contributed by atoms with Crippen molar-refractivity contribution in [2.75, 3.05) is 0 Å². The molecular formula is C15H15ClFN3. The number of pyridine rings is 1. The topological polar surface area (TPSA) is 50.9 Å². The van der Waals surface area contributed by atoms with Gasteiger partial charge in [0.15, 0.2) is 0 Å². The van der Waals surface area contributed by atoms with Gasteiger partial charge in [-0.3, -0.25) is 16.3 Å². The molecule has 0 radical (unpaired) electrons. The number of halogens is 2. The maximum absolute atomic E-state index is 13.6. The highest BCUT2D eigenvalue weighted by molar-refractivity contribution is 6.31. The number of hydrazine groups is 1. The first-order valence-corrected chi connectivity index (χ1v) is 6.94. The smallest absolute Gasteiger partial charge is 0.142 e. The third-order valence-electron chi connectivity index (χ3n) is 3.90. The average Bonchev–Trinajstić information content (AvgIpc) is 2.88. The van der Waals surface area contributed by atoms with E-state index in [0.29, 0.717) is 5.56 Å². The first kappa shape index (κ1) is 13.5. The lowest BCUT2D eigenvalue weighted by Crippen LogP contribution is -2.32. The van der Waals surface area contributed by atoms with E-state index in [1.54, 1.807) is 18.3 Å². The van der Waals surface area contributed by atoms with Crippen LogP contribution in [0.4, 0.5) is 4.39 Å². The van der Waals surface area contributed by atoms with Crippen LogP contribution in [0, 0.1) is 5.82 Å². The molecule has 1 aliphatic carbocycles. The highest BCUT2D eigenvalue weighted by Gasteiger charge is 2.32. The van der Waals surface area contributed by atoms with Gasteiger partial charge in [0.05, 0.1) is 11.1 Å². The molecule has 0 saturated heterocycles. The van der Waals surface area contributed by atoms with Gasteiger partial charge in [-0.25, -0.2) is 4.39 Å². The van der Waals surface area contributed by atoms with Crippen molar-refractivity contribution in [3.63, 3.8) is 0 Å². The van der Waals surface area contributed by atoms with Crippen LogP contribution in [0.2, 0.25) is 5.02 Å². The van der Waals surface area contributed by atoms with Gasteiger partial charge < -0.3 is 0 Å². The Morgan fingerprint density at radius 1 is 1.35 bits per heavy atom. The fourth-order valence-corrected chi connectivity index (χ4v) is 3.20. The molecule has 2 unspecified atom stereocenters. The van der Waals surface area contributed by atoms with Gasteiger partial charge in [0, 0.05) is 17.8 Å². The summed E-state index contributed by atoms with van der Waals surface area (Å²) in [6, 6.07) is 8.56. The number of hydrogen-bond acceptors (Lipinski definition) is 3. The quantitative estimate of drug-likeness (QED) is 0.675. The summed E-state index contributed by atoms with van der Waals surface area (Å²) >= 11 is 6.08. The Kier molecular flexibility index (Phi) is 3.70. The van der Waals surface area contributed by atoms with Gasteiger partial charge in [0.2, 0.25) is 0 Å². The van der Waals surface area contributed by atoms with Gasteiger partial charge in [-0.05, 0) is 36.1 Å². The zero-order valence-electron chi connectivity index (χ0n) is 10.8. The number of nitrogens with two attached hydrogens (primary N) is 1. The minimum Gasteiger partial charge on any atom is -0.271 e. The molecule has 5 heteroatoms. The predicted molar refractivity (Wildman–Crippen MR) is 76.8 cm³/mol. The van der Waals surface area contributed by atoms with Crippen LogP contribution >= 0.6 is 11.6 Å². The maximum atomic E-state index is 13.6. The van der Waals surface area contributed by atoms with Crippen LogP contribution in [0.1, 0.15) is 35.2 Å². The van der Waals surface area contributed by atoms with Crippen molar-refractivity contribution in [3.8, 4) is 0 Å². The summed E-state index contributed by atoms with van der Waals surface area (Å²) < 4.78 is 13.6. The first-order chi connectivity index (χ1) is 9.72. The minimum atomic E-state index is -0.427. The van der Waals surface area contributed by atoms with Gasteiger partial charge in [-0.2, -0.15) is 0 Å². The van der Waals surface area contributed by atoms with Gasteiger partial charge in [-0.15, -0.1) is 0 Å². The van der Waals surface area contributed by atoms with Crippen molar-refractivity contribution in [2.24, 2.45) is 5.84 Å². The van der Waals surface area contributed by atoms with Gasteiger partial charge in [0.25, 0.3) is 0 Å². The van der Waals surface area contributed by atoms with E-state index in [2.05, 4.69) is 16.5 Å². The maximum Gasteiger partial charge on any atom is 0.142 e. The van der Waals surface area contributed by atoms with E-state index in [1.807, 2.05) is 6.07 Å². The number of fused-ring (bicyclic) bond motifs is 1. The molecule has 3 N–H and O–H groups in total. The molecule has 0 aliphatic heterocycles. The van der Waals surface area contributed by atoms with Gasteiger partial charge in [0.1, 0.15) is 5.82 Å². The number of nitrogens with one attached hydrogen (secondary N) is 1. The van der Waals surface area contributed by atoms with E-state index < -0.39 is 5.82 Å². The molecule has 0 spiro atoms. The van der Waals surface area contributed by atoms with E-state index in [9.17, 15) is 4.39 Å². The summed E-state index contributed by atoms with van der Waals surface area (Å²) in [6.45, 7) is 0. The van der Waals surface area contributed by atoms with Crippen LogP contribution in [-0.2, 0) is 6.42 Å². The molecule has 1 aliphatic rings. The molecule has 0 saturated carbocycles. The molecule has 1 aromatic heterocycles. The Balaban J connectivity index is 2.02. The third kappa shape index (κ3) is 2.20. The predicted octanol–water partition coefficient (Wildman–Crippen LogP) is 3.11. The molecule has 0 bridgehead atoms. The van der Waals surface area contributed by atoms with Crippen LogP contribution in [0.25, 0.3) is 0 Å². The lowest BCUT2D eigenvalue weighted by molar-refractivity contribution is 0.445. The van der Waals surface area contributed by atoms with Crippen LogP contribution < -0.4 is 11.3 Å². The molecule has 3 rings (SSSR count). The molecule has 0 fully saturated rings. The highest BCUT2D eigenvalue weighted by atomic mass is 35.5. The normalized spacial score (nSPS) is 18.9. The standard InChI is InChI=1S/C15H15ClFN3/c16-13-10(4-1-5-12(13)17)15(20-18)11-7-6-9-3-2-8-19-14(9)11/h1-5,8,11,15,20H,6-7,18H2. The monoisotopic (exact) mass is 291 g/mol. The second-order valence-corrected chi connectivity index (χ2v) is 5.36. The Bertz CT molecular complexity index is 632. The summed E-state index contributed by atoms with van der Waals surface area (Å²) in [7, 11) is 0. The van der Waals surface area contributed by atoms with E-state index in [-0.39, 0.29) is 17.0 Å². The molecule has 104 valence electrons. The Labute approximate surface area is 121 Å². The van der Waals surface area contributed by atoms with Gasteiger partial charge in [-0.1, -0.05) is 29.8 Å². The highest BCUT2D eigenvalue weighted by Crippen LogP contribution is 2.42. The van der Waals surface area contributed by atoms with Crippen molar-refractivity contribution in [1.82, 2.24) is 10.4 Å². The number of aromatic nitrogens is 1. The number of benzene rings is 1. The number of hydrogen-bond donors (Lipinski definition) is 2. The zero-order valence-corrected chi connectivity index (χ0v) is 11.6. The summed E-state index contributed by atoms with van der Waals surface area (Å²) in [5, 5.41) is 0.125. The first-order valence-electron chi connectivity index (χ1n) is 6.56. The molecule has 1 aromatic carbocycles.